The number of rotatable bonds is 1. The van der Waals surface area contributed by atoms with Crippen molar-refractivity contribution in [1.82, 2.24) is 0 Å². The van der Waals surface area contributed by atoms with Gasteiger partial charge < -0.3 is 22.5 Å². The molecular formula is C11H14N4. The third-order valence-corrected chi connectivity index (χ3v) is 2.48. The lowest BCUT2D eigenvalue weighted by Crippen LogP contribution is -1.97. The molecule has 2 rings (SSSR count). The fourth-order valence-electron chi connectivity index (χ4n) is 1.62. The first-order valence-electron chi connectivity index (χ1n) is 4.68. The number of nitrogens with two attached hydrogens (primary N) is 3. The first kappa shape index (κ1) is 9.45. The fraction of sp³-hybridized carbons (Fsp3) is 0.0909. The Morgan fingerprint density at radius 1 is 0.800 bits per heavy atom. The Bertz CT molecular complexity index is 519. The van der Waals surface area contributed by atoms with Crippen molar-refractivity contribution in [2.45, 2.75) is 0 Å². The van der Waals surface area contributed by atoms with Gasteiger partial charge in [0.05, 0.1) is 22.7 Å². The van der Waals surface area contributed by atoms with Crippen molar-refractivity contribution in [1.29, 1.82) is 0 Å². The van der Waals surface area contributed by atoms with Crippen molar-refractivity contribution < 1.29 is 0 Å². The maximum absolute atomic E-state index is 5.85. The van der Waals surface area contributed by atoms with E-state index in [1.54, 1.807) is 0 Å². The lowest BCUT2D eigenvalue weighted by atomic mass is 10.1. The number of anilines is 4. The van der Waals surface area contributed by atoms with Gasteiger partial charge in [0.15, 0.2) is 0 Å². The van der Waals surface area contributed by atoms with E-state index in [1.807, 2.05) is 31.3 Å². The first-order chi connectivity index (χ1) is 7.11. The van der Waals surface area contributed by atoms with Crippen molar-refractivity contribution in [2.75, 3.05) is 29.6 Å². The Morgan fingerprint density at radius 3 is 1.80 bits per heavy atom. The summed E-state index contributed by atoms with van der Waals surface area (Å²) in [4.78, 5) is 0. The van der Waals surface area contributed by atoms with E-state index < -0.39 is 0 Å². The van der Waals surface area contributed by atoms with Gasteiger partial charge in [-0.15, -0.1) is 0 Å². The van der Waals surface area contributed by atoms with Crippen LogP contribution in [0.15, 0.2) is 24.3 Å². The molecule has 0 saturated heterocycles. The minimum atomic E-state index is 0.583. The SMILES string of the molecule is CNc1cc2cc(N)c(N)cc2cc1N. The summed E-state index contributed by atoms with van der Waals surface area (Å²) < 4.78 is 0. The third kappa shape index (κ3) is 1.50. The smallest absolute Gasteiger partial charge is 0.0577 e. The highest BCUT2D eigenvalue weighted by molar-refractivity contribution is 5.96. The van der Waals surface area contributed by atoms with Gasteiger partial charge >= 0.3 is 0 Å². The largest absolute Gasteiger partial charge is 0.397 e. The number of fused-ring (bicyclic) bond motifs is 1. The summed E-state index contributed by atoms with van der Waals surface area (Å²) in [6.45, 7) is 0. The molecule has 0 spiro atoms. The molecule has 0 bridgehead atoms. The Labute approximate surface area is 88.0 Å². The molecule has 0 aromatic heterocycles. The summed E-state index contributed by atoms with van der Waals surface area (Å²) in [5.41, 5.74) is 20.1. The Balaban J connectivity index is 2.76. The fourth-order valence-corrected chi connectivity index (χ4v) is 1.62. The van der Waals surface area contributed by atoms with Crippen molar-refractivity contribution in [3.63, 3.8) is 0 Å². The zero-order chi connectivity index (χ0) is 11.0. The van der Waals surface area contributed by atoms with Gasteiger partial charge in [-0.2, -0.15) is 0 Å². The van der Waals surface area contributed by atoms with Gasteiger partial charge in [0, 0.05) is 7.05 Å². The molecule has 0 aliphatic carbocycles. The topological polar surface area (TPSA) is 90.1 Å². The van der Waals surface area contributed by atoms with E-state index in [0.717, 1.165) is 16.5 Å². The third-order valence-electron chi connectivity index (χ3n) is 2.48. The Hall–Kier alpha value is -2.10. The molecule has 4 nitrogen and oxygen atoms in total. The zero-order valence-corrected chi connectivity index (χ0v) is 8.54. The van der Waals surface area contributed by atoms with E-state index >= 15 is 0 Å². The van der Waals surface area contributed by atoms with Gasteiger partial charge in [-0.3, -0.25) is 0 Å². The molecule has 0 fully saturated rings. The average Bonchev–Trinajstić information content (AvgIpc) is 2.20. The molecule has 78 valence electrons. The van der Waals surface area contributed by atoms with Gasteiger partial charge in [0.1, 0.15) is 0 Å². The van der Waals surface area contributed by atoms with E-state index in [0.29, 0.717) is 17.1 Å². The van der Waals surface area contributed by atoms with E-state index in [-0.39, 0.29) is 0 Å². The molecule has 15 heavy (non-hydrogen) atoms. The summed E-state index contributed by atoms with van der Waals surface area (Å²) >= 11 is 0. The Morgan fingerprint density at radius 2 is 1.27 bits per heavy atom. The zero-order valence-electron chi connectivity index (χ0n) is 8.54. The van der Waals surface area contributed by atoms with E-state index in [9.17, 15) is 0 Å². The number of hydrogen-bond acceptors (Lipinski definition) is 4. The van der Waals surface area contributed by atoms with Gasteiger partial charge in [0.2, 0.25) is 0 Å². The molecule has 2 aromatic carbocycles. The summed E-state index contributed by atoms with van der Waals surface area (Å²) in [6.07, 6.45) is 0. The highest BCUT2D eigenvalue weighted by Gasteiger charge is 2.03. The molecule has 0 amide bonds. The number of benzene rings is 2. The average molecular weight is 202 g/mol. The van der Waals surface area contributed by atoms with Crippen molar-refractivity contribution >= 4 is 33.5 Å². The molecule has 0 heterocycles. The molecule has 0 aliphatic heterocycles. The maximum Gasteiger partial charge on any atom is 0.0577 e. The lowest BCUT2D eigenvalue weighted by molar-refractivity contribution is 1.53. The molecule has 4 heteroatoms. The van der Waals surface area contributed by atoms with Crippen LogP contribution in [0.25, 0.3) is 10.8 Å². The molecule has 7 N–H and O–H groups in total. The van der Waals surface area contributed by atoms with Crippen LogP contribution in [0.1, 0.15) is 0 Å². The van der Waals surface area contributed by atoms with E-state index in [2.05, 4.69) is 5.32 Å². The van der Waals surface area contributed by atoms with Crippen molar-refractivity contribution in [3.05, 3.63) is 24.3 Å². The van der Waals surface area contributed by atoms with Crippen LogP contribution in [0.4, 0.5) is 22.7 Å². The van der Waals surface area contributed by atoms with Crippen LogP contribution in [0, 0.1) is 0 Å². The summed E-state index contributed by atoms with van der Waals surface area (Å²) in [5, 5.41) is 5.05. The maximum atomic E-state index is 5.85. The number of nitrogens with one attached hydrogen (secondary N) is 1. The van der Waals surface area contributed by atoms with E-state index in [1.165, 1.54) is 0 Å². The summed E-state index contributed by atoms with van der Waals surface area (Å²) in [6, 6.07) is 7.53. The van der Waals surface area contributed by atoms with Gasteiger partial charge in [-0.25, -0.2) is 0 Å². The molecule has 0 atom stereocenters. The molecule has 2 aromatic rings. The summed E-state index contributed by atoms with van der Waals surface area (Å²) in [7, 11) is 1.83. The van der Waals surface area contributed by atoms with Crippen LogP contribution < -0.4 is 22.5 Å². The van der Waals surface area contributed by atoms with Gasteiger partial charge in [0.25, 0.3) is 0 Å². The minimum Gasteiger partial charge on any atom is -0.397 e. The predicted molar refractivity (Wildman–Crippen MR) is 66.7 cm³/mol. The molecule has 0 aliphatic rings. The van der Waals surface area contributed by atoms with Crippen LogP contribution >= 0.6 is 0 Å². The van der Waals surface area contributed by atoms with Crippen LogP contribution in [-0.2, 0) is 0 Å². The normalized spacial score (nSPS) is 10.5. The first-order valence-corrected chi connectivity index (χ1v) is 4.68. The van der Waals surface area contributed by atoms with Crippen LogP contribution in [0.2, 0.25) is 0 Å². The molecular weight excluding hydrogens is 188 g/mol. The highest BCUT2D eigenvalue weighted by Crippen LogP contribution is 2.29. The molecule has 0 radical (unpaired) electrons. The molecule has 0 unspecified atom stereocenters. The highest BCUT2D eigenvalue weighted by atomic mass is 14.8. The van der Waals surface area contributed by atoms with Crippen LogP contribution in [0.3, 0.4) is 0 Å². The minimum absolute atomic E-state index is 0.583. The van der Waals surface area contributed by atoms with Gasteiger partial charge in [-0.05, 0) is 35.0 Å². The monoisotopic (exact) mass is 202 g/mol. The van der Waals surface area contributed by atoms with E-state index in [4.69, 9.17) is 17.2 Å². The van der Waals surface area contributed by atoms with Crippen LogP contribution in [0.5, 0.6) is 0 Å². The van der Waals surface area contributed by atoms with Crippen LogP contribution in [-0.4, -0.2) is 7.05 Å². The quantitative estimate of drug-likeness (QED) is 0.529. The lowest BCUT2D eigenvalue weighted by Gasteiger charge is -2.09. The van der Waals surface area contributed by atoms with Gasteiger partial charge in [-0.1, -0.05) is 0 Å². The second-order valence-corrected chi connectivity index (χ2v) is 3.52. The van der Waals surface area contributed by atoms with Crippen molar-refractivity contribution in [3.8, 4) is 0 Å². The number of hydrogen-bond donors (Lipinski definition) is 4. The standard InChI is InChI=1S/C11H14N4/c1-15-11-5-7-3-9(13)8(12)2-6(7)4-10(11)14/h2-5,15H,12-14H2,1H3. The summed E-state index contributed by atoms with van der Waals surface area (Å²) in [5.74, 6) is 0. The number of nitrogen functional groups attached to an aromatic ring is 3. The second-order valence-electron chi connectivity index (χ2n) is 3.52. The second kappa shape index (κ2) is 3.24. The predicted octanol–water partition coefficient (Wildman–Crippen LogP) is 1.63. The van der Waals surface area contributed by atoms with Crippen molar-refractivity contribution in [2.24, 2.45) is 0 Å². The molecule has 0 saturated carbocycles. The Kier molecular flexibility index (Phi) is 2.04.